The summed E-state index contributed by atoms with van der Waals surface area (Å²) in [7, 11) is 0. The Hall–Kier alpha value is -1.35. The van der Waals surface area contributed by atoms with Crippen LogP contribution < -0.4 is 5.73 Å². The highest BCUT2D eigenvalue weighted by Gasteiger charge is 2.37. The molecule has 1 aromatic heterocycles. The van der Waals surface area contributed by atoms with Crippen LogP contribution in [0.3, 0.4) is 0 Å². The third-order valence-corrected chi connectivity index (χ3v) is 3.90. The summed E-state index contributed by atoms with van der Waals surface area (Å²) in [5.74, 6) is 1.09. The first-order valence-electron chi connectivity index (χ1n) is 6.75. The van der Waals surface area contributed by atoms with Crippen LogP contribution in [0, 0.1) is 6.92 Å². The summed E-state index contributed by atoms with van der Waals surface area (Å²) in [6.07, 6.45) is 3.30. The van der Waals surface area contributed by atoms with Crippen molar-refractivity contribution in [3.05, 3.63) is 29.6 Å². The molecule has 0 spiro atoms. The molecule has 3 nitrogen and oxygen atoms in total. The van der Waals surface area contributed by atoms with Gasteiger partial charge in [0.05, 0.1) is 11.0 Å². The third-order valence-electron chi connectivity index (χ3n) is 3.90. The van der Waals surface area contributed by atoms with Gasteiger partial charge in [-0.3, -0.25) is 0 Å². The van der Waals surface area contributed by atoms with E-state index in [-0.39, 0.29) is 5.54 Å². The van der Waals surface area contributed by atoms with Crippen molar-refractivity contribution >= 4 is 11.0 Å². The third kappa shape index (κ3) is 1.93. The number of benzene rings is 1. The smallest absolute Gasteiger partial charge is 0.106 e. The first kappa shape index (κ1) is 11.7. The molecule has 18 heavy (non-hydrogen) atoms. The van der Waals surface area contributed by atoms with Crippen molar-refractivity contribution in [3.8, 4) is 0 Å². The normalized spacial score (nSPS) is 17.6. The Morgan fingerprint density at radius 3 is 2.72 bits per heavy atom. The van der Waals surface area contributed by atoms with Gasteiger partial charge in [0.1, 0.15) is 5.82 Å². The second-order valence-electron chi connectivity index (χ2n) is 5.98. The molecule has 2 aromatic rings. The van der Waals surface area contributed by atoms with E-state index < -0.39 is 0 Å². The highest BCUT2D eigenvalue weighted by Crippen LogP contribution is 2.36. The van der Waals surface area contributed by atoms with Crippen LogP contribution in [0.2, 0.25) is 0 Å². The van der Waals surface area contributed by atoms with E-state index in [1.54, 1.807) is 0 Å². The van der Waals surface area contributed by atoms with Crippen LogP contribution >= 0.6 is 0 Å². The summed E-state index contributed by atoms with van der Waals surface area (Å²) in [4.78, 5) is 4.67. The lowest BCUT2D eigenvalue weighted by atomic mass is 10.0. The zero-order valence-electron chi connectivity index (χ0n) is 11.4. The maximum Gasteiger partial charge on any atom is 0.106 e. The lowest BCUT2D eigenvalue weighted by Gasteiger charge is -2.11. The summed E-state index contributed by atoms with van der Waals surface area (Å²) >= 11 is 0. The molecule has 1 aliphatic rings. The van der Waals surface area contributed by atoms with Gasteiger partial charge in [-0.2, -0.15) is 0 Å². The van der Waals surface area contributed by atoms with Crippen LogP contribution in [-0.2, 0) is 6.42 Å². The Kier molecular flexibility index (Phi) is 2.49. The molecule has 1 aromatic carbocycles. The number of fused-ring (bicyclic) bond motifs is 1. The molecule has 3 heteroatoms. The zero-order chi connectivity index (χ0) is 12.9. The number of nitrogens with two attached hydrogens (primary N) is 1. The summed E-state index contributed by atoms with van der Waals surface area (Å²) in [6, 6.07) is 7.05. The van der Waals surface area contributed by atoms with Crippen LogP contribution in [-0.4, -0.2) is 15.1 Å². The molecular formula is C15H21N3. The van der Waals surface area contributed by atoms with E-state index >= 15 is 0 Å². The van der Waals surface area contributed by atoms with E-state index in [4.69, 9.17) is 5.73 Å². The van der Waals surface area contributed by atoms with Gasteiger partial charge < -0.3 is 10.3 Å². The molecule has 1 fully saturated rings. The van der Waals surface area contributed by atoms with Crippen molar-refractivity contribution in [3.63, 3.8) is 0 Å². The number of hydrogen-bond donors (Lipinski definition) is 1. The molecule has 2 N–H and O–H groups in total. The van der Waals surface area contributed by atoms with Crippen molar-refractivity contribution in [1.29, 1.82) is 0 Å². The van der Waals surface area contributed by atoms with Crippen molar-refractivity contribution in [2.45, 2.75) is 51.6 Å². The minimum Gasteiger partial charge on any atom is -0.326 e. The minimum atomic E-state index is 0.0728. The van der Waals surface area contributed by atoms with Crippen LogP contribution in [0.1, 0.15) is 44.1 Å². The predicted molar refractivity (Wildman–Crippen MR) is 74.7 cm³/mol. The minimum absolute atomic E-state index is 0.0728. The van der Waals surface area contributed by atoms with Crippen LogP contribution in [0.15, 0.2) is 18.2 Å². The summed E-state index contributed by atoms with van der Waals surface area (Å²) in [5.41, 5.74) is 9.90. The molecule has 0 radical (unpaired) electrons. The van der Waals surface area contributed by atoms with Gasteiger partial charge in [0.15, 0.2) is 0 Å². The van der Waals surface area contributed by atoms with Gasteiger partial charge >= 0.3 is 0 Å². The van der Waals surface area contributed by atoms with E-state index in [1.165, 1.54) is 11.1 Å². The summed E-state index contributed by atoms with van der Waals surface area (Å²) in [5, 5.41) is 0. The molecule has 1 aliphatic carbocycles. The fourth-order valence-electron chi connectivity index (χ4n) is 2.77. The van der Waals surface area contributed by atoms with Crippen molar-refractivity contribution in [1.82, 2.24) is 9.55 Å². The molecule has 0 unspecified atom stereocenters. The number of imidazole rings is 1. The average Bonchev–Trinajstić information content (AvgIpc) is 2.89. The van der Waals surface area contributed by atoms with Gasteiger partial charge in [-0.05, 0) is 57.7 Å². The van der Waals surface area contributed by atoms with Crippen molar-refractivity contribution in [2.75, 3.05) is 0 Å². The number of aryl methyl sites for hydroxylation is 1. The van der Waals surface area contributed by atoms with Crippen molar-refractivity contribution in [2.24, 2.45) is 5.73 Å². The maximum absolute atomic E-state index is 6.18. The predicted octanol–water partition coefficient (Wildman–Crippen LogP) is 2.96. The van der Waals surface area contributed by atoms with Crippen LogP contribution in [0.25, 0.3) is 11.0 Å². The standard InChI is InChI=1S/C15H21N3/c1-10(2)18-11(3)17-13-8-12(4-5-14(13)18)9-15(16)6-7-15/h4-5,8,10H,6-7,9,16H2,1-3H3. The molecule has 0 bridgehead atoms. The summed E-state index contributed by atoms with van der Waals surface area (Å²) < 4.78 is 2.29. The van der Waals surface area contributed by atoms with Gasteiger partial charge in [-0.1, -0.05) is 6.07 Å². The molecule has 0 atom stereocenters. The average molecular weight is 243 g/mol. The maximum atomic E-state index is 6.18. The zero-order valence-corrected chi connectivity index (χ0v) is 11.4. The quantitative estimate of drug-likeness (QED) is 0.900. The van der Waals surface area contributed by atoms with E-state index in [9.17, 15) is 0 Å². The largest absolute Gasteiger partial charge is 0.326 e. The Morgan fingerprint density at radius 2 is 2.11 bits per heavy atom. The molecule has 0 amide bonds. The molecule has 1 saturated carbocycles. The van der Waals surface area contributed by atoms with E-state index in [0.717, 1.165) is 30.6 Å². The second kappa shape index (κ2) is 3.82. The topological polar surface area (TPSA) is 43.8 Å². The molecule has 96 valence electrons. The van der Waals surface area contributed by atoms with Gasteiger partial charge in [0.25, 0.3) is 0 Å². The van der Waals surface area contributed by atoms with Crippen LogP contribution in [0.4, 0.5) is 0 Å². The Balaban J connectivity index is 2.02. The first-order valence-corrected chi connectivity index (χ1v) is 6.75. The Labute approximate surface area is 108 Å². The molecule has 1 heterocycles. The lowest BCUT2D eigenvalue weighted by Crippen LogP contribution is -2.24. The highest BCUT2D eigenvalue weighted by molar-refractivity contribution is 5.77. The van der Waals surface area contributed by atoms with E-state index in [0.29, 0.717) is 6.04 Å². The first-order chi connectivity index (χ1) is 8.48. The Bertz CT molecular complexity index is 591. The fourth-order valence-corrected chi connectivity index (χ4v) is 2.77. The highest BCUT2D eigenvalue weighted by atomic mass is 15.1. The summed E-state index contributed by atoms with van der Waals surface area (Å²) in [6.45, 7) is 6.47. The number of nitrogens with zero attached hydrogens (tertiary/aromatic N) is 2. The lowest BCUT2D eigenvalue weighted by molar-refractivity contribution is 0.600. The molecule has 3 rings (SSSR count). The van der Waals surface area contributed by atoms with E-state index in [2.05, 4.69) is 48.5 Å². The van der Waals surface area contributed by atoms with Crippen molar-refractivity contribution < 1.29 is 0 Å². The molecule has 0 saturated heterocycles. The van der Waals surface area contributed by atoms with E-state index in [1.807, 2.05) is 0 Å². The van der Waals surface area contributed by atoms with Gasteiger partial charge in [-0.15, -0.1) is 0 Å². The fraction of sp³-hybridized carbons (Fsp3) is 0.533. The Morgan fingerprint density at radius 1 is 1.39 bits per heavy atom. The van der Waals surface area contributed by atoms with Gasteiger partial charge in [-0.25, -0.2) is 4.98 Å². The molecular weight excluding hydrogens is 222 g/mol. The SMILES string of the molecule is Cc1nc2cc(CC3(N)CC3)ccc2n1C(C)C. The number of rotatable bonds is 3. The number of aromatic nitrogens is 2. The number of hydrogen-bond acceptors (Lipinski definition) is 2. The van der Waals surface area contributed by atoms with Gasteiger partial charge in [0, 0.05) is 11.6 Å². The molecule has 0 aliphatic heterocycles. The van der Waals surface area contributed by atoms with Crippen LogP contribution in [0.5, 0.6) is 0 Å². The monoisotopic (exact) mass is 243 g/mol. The van der Waals surface area contributed by atoms with Gasteiger partial charge in [0.2, 0.25) is 0 Å². The second-order valence-corrected chi connectivity index (χ2v) is 5.98.